The minimum atomic E-state index is 0.506. The van der Waals surface area contributed by atoms with E-state index in [1.165, 1.54) is 12.8 Å². The Balaban J connectivity index is 1.83. The lowest BCUT2D eigenvalue weighted by atomic mass is 10.0. The fraction of sp³-hybridized carbons (Fsp3) is 0.636. The first-order valence-corrected chi connectivity index (χ1v) is 5.75. The van der Waals surface area contributed by atoms with Gasteiger partial charge < -0.3 is 10.2 Å². The fourth-order valence-corrected chi connectivity index (χ4v) is 2.51. The second-order valence-electron chi connectivity index (χ2n) is 4.54. The molecule has 2 aliphatic carbocycles. The third-order valence-electron chi connectivity index (χ3n) is 2.99. The molecule has 15 heavy (non-hydrogen) atoms. The summed E-state index contributed by atoms with van der Waals surface area (Å²) in [4.78, 5) is 6.05. The van der Waals surface area contributed by atoms with Crippen LogP contribution in [0.4, 0.5) is 0 Å². The molecule has 0 aliphatic heterocycles. The summed E-state index contributed by atoms with van der Waals surface area (Å²) < 4.78 is 0. The molecule has 0 aromatic rings. The van der Waals surface area contributed by atoms with Crippen LogP contribution in [-0.4, -0.2) is 36.5 Å². The van der Waals surface area contributed by atoms with Crippen LogP contribution in [0.5, 0.6) is 0 Å². The molecule has 0 aromatic carbocycles. The summed E-state index contributed by atoms with van der Waals surface area (Å²) in [5, 5.41) is 3.93. The predicted octanol–water partition coefficient (Wildman–Crippen LogP) is 1.42. The first-order valence-electron chi connectivity index (χ1n) is 5.34. The zero-order valence-electron chi connectivity index (χ0n) is 9.18. The number of allylic oxidation sites excluding steroid dienone is 1. The molecule has 3 nitrogen and oxygen atoms in total. The van der Waals surface area contributed by atoms with E-state index in [1.807, 2.05) is 19.0 Å². The molecule has 2 bridgehead atoms. The Morgan fingerprint density at radius 2 is 2.27 bits per heavy atom. The van der Waals surface area contributed by atoms with Crippen LogP contribution in [0.25, 0.3) is 0 Å². The SMILES string of the molecule is CN(C)C=NC(=S)N[C@@H]1C[C@@H]2C=C[C@H]1C2. The average Bonchev–Trinajstić information content (AvgIpc) is 2.76. The molecule has 1 saturated carbocycles. The lowest BCUT2D eigenvalue weighted by molar-refractivity contribution is 0.525. The van der Waals surface area contributed by atoms with Gasteiger partial charge in [0.15, 0.2) is 5.11 Å². The van der Waals surface area contributed by atoms with Gasteiger partial charge in [0, 0.05) is 20.1 Å². The number of thiocarbonyl (C=S) groups is 1. The lowest BCUT2D eigenvalue weighted by Gasteiger charge is -2.19. The van der Waals surface area contributed by atoms with Crippen molar-refractivity contribution in [3.63, 3.8) is 0 Å². The molecule has 82 valence electrons. The van der Waals surface area contributed by atoms with Gasteiger partial charge in [-0.25, -0.2) is 4.99 Å². The predicted molar refractivity (Wildman–Crippen MR) is 67.1 cm³/mol. The Hall–Kier alpha value is -0.900. The van der Waals surface area contributed by atoms with Crippen molar-refractivity contribution in [2.45, 2.75) is 18.9 Å². The molecule has 0 radical (unpaired) electrons. The van der Waals surface area contributed by atoms with Crippen LogP contribution < -0.4 is 5.32 Å². The van der Waals surface area contributed by atoms with Crippen LogP contribution in [0.15, 0.2) is 17.1 Å². The van der Waals surface area contributed by atoms with Gasteiger partial charge in [0.25, 0.3) is 0 Å². The van der Waals surface area contributed by atoms with Gasteiger partial charge in [-0.1, -0.05) is 12.2 Å². The number of aliphatic imine (C=N–C) groups is 1. The molecule has 0 amide bonds. The molecule has 0 heterocycles. The minimum absolute atomic E-state index is 0.506. The number of nitrogens with one attached hydrogen (secondary N) is 1. The quantitative estimate of drug-likeness (QED) is 0.332. The lowest BCUT2D eigenvalue weighted by Crippen LogP contribution is -2.36. The highest BCUT2D eigenvalue weighted by Crippen LogP contribution is 2.38. The third-order valence-corrected chi connectivity index (χ3v) is 3.22. The first kappa shape index (κ1) is 10.6. The van der Waals surface area contributed by atoms with Gasteiger partial charge >= 0.3 is 0 Å². The highest BCUT2D eigenvalue weighted by Gasteiger charge is 2.35. The Labute approximate surface area is 96.3 Å². The molecule has 0 unspecified atom stereocenters. The van der Waals surface area contributed by atoms with E-state index < -0.39 is 0 Å². The highest BCUT2D eigenvalue weighted by atomic mass is 32.1. The van der Waals surface area contributed by atoms with Gasteiger partial charge in [-0.15, -0.1) is 0 Å². The van der Waals surface area contributed by atoms with Crippen LogP contribution in [0.3, 0.4) is 0 Å². The van der Waals surface area contributed by atoms with Crippen LogP contribution in [0.2, 0.25) is 0 Å². The molecule has 1 N–H and O–H groups in total. The molecule has 1 fully saturated rings. The Bertz CT molecular complexity index is 309. The molecular weight excluding hydrogens is 206 g/mol. The Kier molecular flexibility index (Phi) is 3.05. The maximum Gasteiger partial charge on any atom is 0.194 e. The van der Waals surface area contributed by atoms with Gasteiger partial charge in [-0.05, 0) is 36.9 Å². The second-order valence-corrected chi connectivity index (χ2v) is 4.93. The van der Waals surface area contributed by atoms with Crippen molar-refractivity contribution >= 4 is 23.7 Å². The van der Waals surface area contributed by atoms with Crippen molar-refractivity contribution < 1.29 is 0 Å². The highest BCUT2D eigenvalue weighted by molar-refractivity contribution is 7.80. The smallest absolute Gasteiger partial charge is 0.194 e. The van der Waals surface area contributed by atoms with E-state index in [4.69, 9.17) is 12.2 Å². The summed E-state index contributed by atoms with van der Waals surface area (Å²) in [6, 6.07) is 0.506. The molecule has 0 aromatic heterocycles. The fourth-order valence-electron chi connectivity index (χ4n) is 2.31. The van der Waals surface area contributed by atoms with Crippen LogP contribution >= 0.6 is 12.2 Å². The van der Waals surface area contributed by atoms with E-state index >= 15 is 0 Å². The third kappa shape index (κ3) is 2.56. The van der Waals surface area contributed by atoms with E-state index in [0.717, 1.165) is 5.92 Å². The van der Waals surface area contributed by atoms with E-state index in [1.54, 1.807) is 6.34 Å². The second kappa shape index (κ2) is 4.31. The summed E-state index contributed by atoms with van der Waals surface area (Å²) in [5.74, 6) is 1.44. The van der Waals surface area contributed by atoms with E-state index in [-0.39, 0.29) is 0 Å². The normalized spacial score (nSPS) is 32.5. The topological polar surface area (TPSA) is 27.6 Å². The number of nitrogens with zero attached hydrogens (tertiary/aromatic N) is 2. The standard InChI is InChI=1S/C11H17N3S/c1-14(2)7-12-11(15)13-10-6-8-3-4-9(10)5-8/h3-4,7-10H,5-6H2,1-2H3,(H,13,15)/t8-,9+,10-/m1/s1. The molecule has 2 aliphatic rings. The molecule has 2 rings (SSSR count). The monoisotopic (exact) mass is 223 g/mol. The van der Waals surface area contributed by atoms with Crippen molar-refractivity contribution in [1.82, 2.24) is 10.2 Å². The summed E-state index contributed by atoms with van der Waals surface area (Å²) in [6.45, 7) is 0. The van der Waals surface area contributed by atoms with Crippen LogP contribution in [0, 0.1) is 11.8 Å². The van der Waals surface area contributed by atoms with E-state index in [9.17, 15) is 0 Å². The number of hydrogen-bond donors (Lipinski definition) is 1. The van der Waals surface area contributed by atoms with E-state index in [2.05, 4.69) is 22.5 Å². The van der Waals surface area contributed by atoms with Crippen LogP contribution in [-0.2, 0) is 0 Å². The minimum Gasteiger partial charge on any atom is -0.369 e. The van der Waals surface area contributed by atoms with Gasteiger partial charge in [0.05, 0.1) is 6.34 Å². The zero-order chi connectivity index (χ0) is 10.8. The summed E-state index contributed by atoms with van der Waals surface area (Å²) in [5.41, 5.74) is 0. The van der Waals surface area contributed by atoms with E-state index in [0.29, 0.717) is 17.1 Å². The largest absolute Gasteiger partial charge is 0.369 e. The van der Waals surface area contributed by atoms with Crippen molar-refractivity contribution in [2.75, 3.05) is 14.1 Å². The summed E-state index contributed by atoms with van der Waals surface area (Å²) >= 11 is 5.16. The van der Waals surface area contributed by atoms with Gasteiger partial charge in [0.2, 0.25) is 0 Å². The van der Waals surface area contributed by atoms with Gasteiger partial charge in [0.1, 0.15) is 0 Å². The zero-order valence-corrected chi connectivity index (χ0v) is 10.00. The van der Waals surface area contributed by atoms with Crippen LogP contribution in [0.1, 0.15) is 12.8 Å². The molecule has 3 atom stereocenters. The number of rotatable bonds is 2. The molecular formula is C11H17N3S. The van der Waals surface area contributed by atoms with Crippen molar-refractivity contribution in [3.8, 4) is 0 Å². The average molecular weight is 223 g/mol. The molecule has 4 heteroatoms. The van der Waals surface area contributed by atoms with Gasteiger partial charge in [-0.3, -0.25) is 0 Å². The Morgan fingerprint density at radius 3 is 2.80 bits per heavy atom. The summed E-state index contributed by atoms with van der Waals surface area (Å²) in [6.07, 6.45) is 8.87. The maximum absolute atomic E-state index is 5.16. The number of fused-ring (bicyclic) bond motifs is 2. The maximum atomic E-state index is 5.16. The first-order chi connectivity index (χ1) is 7.15. The molecule has 0 spiro atoms. The van der Waals surface area contributed by atoms with Crippen molar-refractivity contribution in [3.05, 3.63) is 12.2 Å². The summed E-state index contributed by atoms with van der Waals surface area (Å²) in [7, 11) is 3.87. The van der Waals surface area contributed by atoms with Crippen molar-refractivity contribution in [2.24, 2.45) is 16.8 Å². The molecule has 0 saturated heterocycles. The van der Waals surface area contributed by atoms with Gasteiger partial charge in [-0.2, -0.15) is 0 Å². The van der Waals surface area contributed by atoms with Crippen molar-refractivity contribution in [1.29, 1.82) is 0 Å². The Morgan fingerprint density at radius 1 is 1.47 bits per heavy atom. The number of hydrogen-bond acceptors (Lipinski definition) is 1.